The van der Waals surface area contributed by atoms with Crippen molar-refractivity contribution in [1.82, 2.24) is 9.78 Å². The number of rotatable bonds is 7. The van der Waals surface area contributed by atoms with E-state index in [9.17, 15) is 19.7 Å². The number of aryl methyl sites for hydroxylation is 2. The van der Waals surface area contributed by atoms with Crippen molar-refractivity contribution in [3.8, 4) is 0 Å². The van der Waals surface area contributed by atoms with Gasteiger partial charge in [-0.25, -0.2) is 4.79 Å². The van der Waals surface area contributed by atoms with Crippen LogP contribution in [0, 0.1) is 10.1 Å². The lowest BCUT2D eigenvalue weighted by Gasteiger charge is -2.12. The number of carbonyl (C=O) groups excluding carboxylic acids is 2. The Bertz CT molecular complexity index is 917. The maximum atomic E-state index is 12.9. The van der Waals surface area contributed by atoms with Gasteiger partial charge in [-0.3, -0.25) is 19.6 Å². The number of fused-ring (bicyclic) bond motifs is 1. The van der Waals surface area contributed by atoms with Crippen LogP contribution in [0.25, 0.3) is 0 Å². The first kappa shape index (κ1) is 20.0. The molecule has 0 radical (unpaired) electrons. The zero-order valence-electron chi connectivity index (χ0n) is 15.8. The van der Waals surface area contributed by atoms with Gasteiger partial charge in [-0.05, 0) is 44.6 Å². The maximum Gasteiger partial charge on any atom is 0.341 e. The molecular formula is C18H22N4O5S. The largest absolute Gasteiger partial charge is 0.462 e. The summed E-state index contributed by atoms with van der Waals surface area (Å²) in [7, 11) is 0. The average Bonchev–Trinajstić information content (AvgIpc) is 3.27. The number of aromatic nitrogens is 2. The predicted octanol–water partition coefficient (Wildman–Crippen LogP) is 3.57. The van der Waals surface area contributed by atoms with Crippen LogP contribution >= 0.6 is 11.3 Å². The second-order valence-corrected chi connectivity index (χ2v) is 7.56. The number of esters is 1. The molecule has 2 aromatic heterocycles. The Labute approximate surface area is 165 Å². The second-order valence-electron chi connectivity index (χ2n) is 6.46. The summed E-state index contributed by atoms with van der Waals surface area (Å²) in [5, 5.41) is 18.3. The maximum absolute atomic E-state index is 12.9. The SMILES string of the molecule is CCCOC(=O)c1c(NC(=O)c2c([N+](=O)[O-])cnn2CC)sc2c1CCCC2. The van der Waals surface area contributed by atoms with E-state index in [1.807, 2.05) is 6.92 Å². The summed E-state index contributed by atoms with van der Waals surface area (Å²) in [4.78, 5) is 37.2. The molecule has 10 heteroatoms. The Hall–Kier alpha value is -2.75. The predicted molar refractivity (Wildman–Crippen MR) is 104 cm³/mol. The fourth-order valence-corrected chi connectivity index (χ4v) is 4.55. The van der Waals surface area contributed by atoms with Gasteiger partial charge < -0.3 is 10.1 Å². The van der Waals surface area contributed by atoms with Crippen molar-refractivity contribution in [1.29, 1.82) is 0 Å². The van der Waals surface area contributed by atoms with Crippen molar-refractivity contribution < 1.29 is 19.2 Å². The third-order valence-electron chi connectivity index (χ3n) is 4.57. The number of nitro groups is 1. The van der Waals surface area contributed by atoms with E-state index in [-0.39, 0.29) is 11.4 Å². The van der Waals surface area contributed by atoms with Crippen LogP contribution in [0.1, 0.15) is 64.4 Å². The van der Waals surface area contributed by atoms with Crippen LogP contribution in [0.4, 0.5) is 10.7 Å². The molecule has 3 rings (SSSR count). The van der Waals surface area contributed by atoms with Gasteiger partial charge in [-0.1, -0.05) is 6.92 Å². The van der Waals surface area contributed by atoms with E-state index in [1.54, 1.807) is 6.92 Å². The summed E-state index contributed by atoms with van der Waals surface area (Å²) in [6.07, 6.45) is 5.36. The topological polar surface area (TPSA) is 116 Å². The Morgan fingerprint density at radius 3 is 2.79 bits per heavy atom. The van der Waals surface area contributed by atoms with Crippen LogP contribution in [0.2, 0.25) is 0 Å². The number of hydrogen-bond donors (Lipinski definition) is 1. The molecule has 1 amide bonds. The van der Waals surface area contributed by atoms with Gasteiger partial charge in [0, 0.05) is 11.4 Å². The van der Waals surface area contributed by atoms with Crippen LogP contribution in [-0.2, 0) is 24.1 Å². The number of ether oxygens (including phenoxy) is 1. The standard InChI is InChI=1S/C18H22N4O5S/c1-3-9-27-18(24)14-11-7-5-6-8-13(11)28-17(14)20-16(23)15-12(22(25)26)10-19-21(15)4-2/h10H,3-9H2,1-2H3,(H,20,23). The first-order valence-corrected chi connectivity index (χ1v) is 10.1. The molecule has 0 atom stereocenters. The van der Waals surface area contributed by atoms with Crippen LogP contribution in [0.3, 0.4) is 0 Å². The smallest absolute Gasteiger partial charge is 0.341 e. The van der Waals surface area contributed by atoms with E-state index in [0.717, 1.165) is 42.3 Å². The lowest BCUT2D eigenvalue weighted by Crippen LogP contribution is -2.20. The molecule has 0 spiro atoms. The van der Waals surface area contributed by atoms with E-state index in [0.29, 0.717) is 30.1 Å². The highest BCUT2D eigenvalue weighted by atomic mass is 32.1. The highest BCUT2D eigenvalue weighted by Crippen LogP contribution is 2.39. The fourth-order valence-electron chi connectivity index (χ4n) is 3.28. The van der Waals surface area contributed by atoms with E-state index >= 15 is 0 Å². The first-order chi connectivity index (χ1) is 13.5. The third kappa shape index (κ3) is 3.77. The van der Waals surface area contributed by atoms with Crippen LogP contribution < -0.4 is 5.32 Å². The van der Waals surface area contributed by atoms with E-state index in [4.69, 9.17) is 4.74 Å². The zero-order chi connectivity index (χ0) is 20.3. The van der Waals surface area contributed by atoms with Gasteiger partial charge >= 0.3 is 11.7 Å². The quantitative estimate of drug-likeness (QED) is 0.427. The van der Waals surface area contributed by atoms with Gasteiger partial charge in [-0.15, -0.1) is 11.3 Å². The van der Waals surface area contributed by atoms with Crippen molar-refractivity contribution in [2.24, 2.45) is 0 Å². The van der Waals surface area contributed by atoms with E-state index in [1.165, 1.54) is 16.0 Å². The Kier molecular flexibility index (Phi) is 6.08. The molecule has 0 saturated carbocycles. The minimum absolute atomic E-state index is 0.133. The summed E-state index contributed by atoms with van der Waals surface area (Å²) in [6.45, 7) is 4.25. The van der Waals surface area contributed by atoms with Crippen molar-refractivity contribution in [2.75, 3.05) is 11.9 Å². The molecule has 0 fully saturated rings. The Balaban J connectivity index is 1.97. The third-order valence-corrected chi connectivity index (χ3v) is 5.78. The zero-order valence-corrected chi connectivity index (χ0v) is 16.6. The Morgan fingerprint density at radius 1 is 1.36 bits per heavy atom. The van der Waals surface area contributed by atoms with Crippen molar-refractivity contribution in [3.63, 3.8) is 0 Å². The van der Waals surface area contributed by atoms with Crippen molar-refractivity contribution in [3.05, 3.63) is 38.0 Å². The number of nitrogens with zero attached hydrogens (tertiary/aromatic N) is 3. The molecule has 9 nitrogen and oxygen atoms in total. The number of nitrogens with one attached hydrogen (secondary N) is 1. The number of amides is 1. The van der Waals surface area contributed by atoms with Crippen LogP contribution in [-0.4, -0.2) is 33.2 Å². The molecule has 2 heterocycles. The number of hydrogen-bond acceptors (Lipinski definition) is 7. The normalized spacial score (nSPS) is 13.1. The molecule has 1 aliphatic carbocycles. The second kappa shape index (κ2) is 8.51. The molecule has 28 heavy (non-hydrogen) atoms. The van der Waals surface area contributed by atoms with Gasteiger partial charge in [0.15, 0.2) is 0 Å². The molecule has 0 aromatic carbocycles. The monoisotopic (exact) mass is 406 g/mol. The van der Waals surface area contributed by atoms with Gasteiger partial charge in [0.1, 0.15) is 11.2 Å². The minimum atomic E-state index is -0.658. The Morgan fingerprint density at radius 2 is 2.11 bits per heavy atom. The molecule has 150 valence electrons. The summed E-state index contributed by atoms with van der Waals surface area (Å²) < 4.78 is 6.59. The molecule has 2 aromatic rings. The number of thiophene rings is 1. The average molecular weight is 406 g/mol. The summed E-state index contributed by atoms with van der Waals surface area (Å²) in [5.41, 5.74) is 0.806. The number of carbonyl (C=O) groups is 2. The van der Waals surface area contributed by atoms with Gasteiger partial charge in [-0.2, -0.15) is 5.10 Å². The molecule has 0 saturated heterocycles. The highest BCUT2D eigenvalue weighted by molar-refractivity contribution is 7.17. The summed E-state index contributed by atoms with van der Waals surface area (Å²) in [6, 6.07) is 0. The van der Waals surface area contributed by atoms with Crippen molar-refractivity contribution >= 4 is 33.9 Å². The molecule has 1 aliphatic rings. The fraction of sp³-hybridized carbons (Fsp3) is 0.500. The van der Waals surface area contributed by atoms with E-state index in [2.05, 4.69) is 10.4 Å². The lowest BCUT2D eigenvalue weighted by molar-refractivity contribution is -0.385. The van der Waals surface area contributed by atoms with E-state index < -0.39 is 16.8 Å². The molecule has 0 aliphatic heterocycles. The van der Waals surface area contributed by atoms with Crippen LogP contribution in [0.5, 0.6) is 0 Å². The van der Waals surface area contributed by atoms with Crippen LogP contribution in [0.15, 0.2) is 6.20 Å². The molecule has 1 N–H and O–H groups in total. The highest BCUT2D eigenvalue weighted by Gasteiger charge is 2.31. The minimum Gasteiger partial charge on any atom is -0.462 e. The molecule has 0 unspecified atom stereocenters. The first-order valence-electron chi connectivity index (χ1n) is 9.31. The molecule has 0 bridgehead atoms. The summed E-state index contributed by atoms with van der Waals surface area (Å²) >= 11 is 1.34. The summed E-state index contributed by atoms with van der Waals surface area (Å²) in [5.74, 6) is -1.12. The number of anilines is 1. The molecular weight excluding hydrogens is 384 g/mol. The van der Waals surface area contributed by atoms with Gasteiger partial charge in [0.2, 0.25) is 5.69 Å². The van der Waals surface area contributed by atoms with Gasteiger partial charge in [0.05, 0.1) is 17.1 Å². The lowest BCUT2D eigenvalue weighted by atomic mass is 9.95. The van der Waals surface area contributed by atoms with Gasteiger partial charge in [0.25, 0.3) is 5.91 Å². The van der Waals surface area contributed by atoms with Crippen molar-refractivity contribution in [2.45, 2.75) is 52.5 Å².